The van der Waals surface area contributed by atoms with Crippen molar-refractivity contribution >= 4 is 17.4 Å². The number of nitrogens with one attached hydrogen (secondary N) is 1. The van der Waals surface area contributed by atoms with Crippen LogP contribution in [0.15, 0.2) is 36.5 Å². The first-order chi connectivity index (χ1) is 12.6. The number of methoxy groups -OCH3 is 2. The maximum atomic E-state index is 12.4. The number of nitrogens with zero attached hydrogens (tertiary/aromatic N) is 2. The predicted octanol–water partition coefficient (Wildman–Crippen LogP) is 3.59. The van der Waals surface area contributed by atoms with Crippen LogP contribution >= 0.6 is 0 Å². The smallest absolute Gasteiger partial charge is 0.256 e. The molecule has 1 fully saturated rings. The molecule has 1 aliphatic heterocycles. The second kappa shape index (κ2) is 8.08. The van der Waals surface area contributed by atoms with E-state index in [1.807, 2.05) is 18.3 Å². The van der Waals surface area contributed by atoms with Crippen LogP contribution in [0.1, 0.15) is 30.1 Å². The van der Waals surface area contributed by atoms with Crippen LogP contribution in [0.25, 0.3) is 0 Å². The highest BCUT2D eigenvalue weighted by atomic mass is 16.5. The van der Waals surface area contributed by atoms with Gasteiger partial charge in [0.15, 0.2) is 11.5 Å². The van der Waals surface area contributed by atoms with Gasteiger partial charge < -0.3 is 19.7 Å². The zero-order chi connectivity index (χ0) is 18.5. The number of anilines is 2. The van der Waals surface area contributed by atoms with Crippen LogP contribution < -0.4 is 19.7 Å². The minimum absolute atomic E-state index is 0.238. The highest BCUT2D eigenvalue weighted by Gasteiger charge is 2.16. The number of amides is 1. The number of aromatic nitrogens is 1. The Hall–Kier alpha value is -2.76. The Bertz CT molecular complexity index is 753. The van der Waals surface area contributed by atoms with Crippen LogP contribution in [-0.2, 0) is 0 Å². The van der Waals surface area contributed by atoms with Crippen molar-refractivity contribution in [2.24, 2.45) is 5.92 Å². The topological polar surface area (TPSA) is 63.7 Å². The van der Waals surface area contributed by atoms with E-state index in [0.29, 0.717) is 22.9 Å². The molecule has 2 heterocycles. The minimum atomic E-state index is -0.238. The molecule has 0 atom stereocenters. The number of hydrogen-bond acceptors (Lipinski definition) is 5. The number of hydrogen-bond donors (Lipinski definition) is 1. The van der Waals surface area contributed by atoms with Crippen molar-refractivity contribution < 1.29 is 14.3 Å². The summed E-state index contributed by atoms with van der Waals surface area (Å²) in [5.74, 6) is 2.18. The number of rotatable bonds is 5. The normalized spacial score (nSPS) is 14.8. The summed E-state index contributed by atoms with van der Waals surface area (Å²) in [6.07, 6.45) is 4.23. The summed E-state index contributed by atoms with van der Waals surface area (Å²) in [6, 6.07) is 8.90. The Labute approximate surface area is 154 Å². The Kier molecular flexibility index (Phi) is 5.61. The number of pyridine rings is 1. The van der Waals surface area contributed by atoms with Gasteiger partial charge in [0.1, 0.15) is 5.82 Å². The first kappa shape index (κ1) is 18.0. The molecule has 1 N–H and O–H groups in total. The van der Waals surface area contributed by atoms with Crippen LogP contribution in [0.5, 0.6) is 11.5 Å². The number of piperidine rings is 1. The number of carbonyl (C=O) groups is 1. The molecule has 0 bridgehead atoms. The second-order valence-corrected chi connectivity index (χ2v) is 6.60. The fraction of sp³-hybridized carbons (Fsp3) is 0.400. The third-order valence-electron chi connectivity index (χ3n) is 4.78. The van der Waals surface area contributed by atoms with Crippen molar-refractivity contribution in [1.82, 2.24) is 4.98 Å². The number of carbonyl (C=O) groups excluding carboxylic acids is 1. The molecule has 1 amide bonds. The van der Waals surface area contributed by atoms with Crippen molar-refractivity contribution in [1.29, 1.82) is 0 Å². The summed E-state index contributed by atoms with van der Waals surface area (Å²) in [7, 11) is 3.10. The highest BCUT2D eigenvalue weighted by molar-refractivity contribution is 6.04. The zero-order valence-electron chi connectivity index (χ0n) is 15.5. The second-order valence-electron chi connectivity index (χ2n) is 6.60. The third kappa shape index (κ3) is 4.07. The zero-order valence-corrected chi connectivity index (χ0v) is 15.5. The number of benzene rings is 1. The third-order valence-corrected chi connectivity index (χ3v) is 4.78. The summed E-state index contributed by atoms with van der Waals surface area (Å²) in [5.41, 5.74) is 1.58. The molecule has 0 radical (unpaired) electrons. The Balaban J connectivity index is 1.66. The quantitative estimate of drug-likeness (QED) is 0.888. The molecule has 6 nitrogen and oxygen atoms in total. The van der Waals surface area contributed by atoms with E-state index in [1.54, 1.807) is 32.4 Å². The van der Waals surface area contributed by atoms with Gasteiger partial charge in [-0.05, 0) is 49.1 Å². The lowest BCUT2D eigenvalue weighted by molar-refractivity contribution is 0.102. The Morgan fingerprint density at radius 3 is 2.46 bits per heavy atom. The van der Waals surface area contributed by atoms with E-state index >= 15 is 0 Å². The van der Waals surface area contributed by atoms with E-state index in [-0.39, 0.29) is 5.91 Å². The summed E-state index contributed by atoms with van der Waals surface area (Å²) < 4.78 is 10.4. The predicted molar refractivity (Wildman–Crippen MR) is 102 cm³/mol. The van der Waals surface area contributed by atoms with Crippen LogP contribution in [-0.4, -0.2) is 38.2 Å². The lowest BCUT2D eigenvalue weighted by Gasteiger charge is -2.31. The van der Waals surface area contributed by atoms with Crippen molar-refractivity contribution in [2.45, 2.75) is 19.8 Å². The Morgan fingerprint density at radius 1 is 1.12 bits per heavy atom. The van der Waals surface area contributed by atoms with Crippen molar-refractivity contribution in [3.63, 3.8) is 0 Å². The lowest BCUT2D eigenvalue weighted by Crippen LogP contribution is -2.32. The van der Waals surface area contributed by atoms with E-state index in [9.17, 15) is 4.79 Å². The van der Waals surface area contributed by atoms with E-state index in [4.69, 9.17) is 9.47 Å². The van der Waals surface area contributed by atoms with Gasteiger partial charge in [0.25, 0.3) is 5.91 Å². The van der Waals surface area contributed by atoms with Crippen molar-refractivity contribution in [2.75, 3.05) is 37.5 Å². The molecule has 0 saturated carbocycles. The molecule has 26 heavy (non-hydrogen) atoms. The maximum Gasteiger partial charge on any atom is 0.256 e. The standard InChI is InChI=1S/C20H25N3O3/c1-14-8-10-23(11-9-14)16-5-7-19(21-13-16)22-20(24)15-4-6-17(25-2)18(12-15)26-3/h4-7,12-14H,8-11H2,1-3H3,(H,21,22,24). The SMILES string of the molecule is COc1ccc(C(=O)Nc2ccc(N3CCC(C)CC3)cn2)cc1OC. The average Bonchev–Trinajstić information content (AvgIpc) is 2.68. The molecule has 1 saturated heterocycles. The molecule has 3 rings (SSSR count). The van der Waals surface area contributed by atoms with E-state index in [0.717, 1.165) is 24.7 Å². The van der Waals surface area contributed by atoms with E-state index < -0.39 is 0 Å². The molecular weight excluding hydrogens is 330 g/mol. The van der Waals surface area contributed by atoms with Gasteiger partial charge >= 0.3 is 0 Å². The molecule has 1 aliphatic rings. The van der Waals surface area contributed by atoms with Crippen LogP contribution in [0, 0.1) is 5.92 Å². The van der Waals surface area contributed by atoms with E-state index in [1.165, 1.54) is 12.8 Å². The monoisotopic (exact) mass is 355 g/mol. The average molecular weight is 355 g/mol. The fourth-order valence-corrected chi connectivity index (χ4v) is 3.08. The molecule has 1 aromatic heterocycles. The molecule has 1 aromatic carbocycles. The highest BCUT2D eigenvalue weighted by Crippen LogP contribution is 2.28. The molecular formula is C20H25N3O3. The lowest BCUT2D eigenvalue weighted by atomic mass is 9.99. The van der Waals surface area contributed by atoms with Gasteiger partial charge in [0.05, 0.1) is 26.1 Å². The van der Waals surface area contributed by atoms with Gasteiger partial charge in [-0.3, -0.25) is 4.79 Å². The van der Waals surface area contributed by atoms with Gasteiger partial charge in [-0.15, -0.1) is 0 Å². The van der Waals surface area contributed by atoms with Gasteiger partial charge in [-0.25, -0.2) is 4.98 Å². The molecule has 0 unspecified atom stereocenters. The summed E-state index contributed by atoms with van der Waals surface area (Å²) in [4.78, 5) is 19.2. The largest absolute Gasteiger partial charge is 0.493 e. The molecule has 0 spiro atoms. The summed E-state index contributed by atoms with van der Waals surface area (Å²) in [6.45, 7) is 4.41. The van der Waals surface area contributed by atoms with Gasteiger partial charge in [-0.2, -0.15) is 0 Å². The van der Waals surface area contributed by atoms with Crippen LogP contribution in [0.4, 0.5) is 11.5 Å². The van der Waals surface area contributed by atoms with E-state index in [2.05, 4.69) is 22.1 Å². The summed E-state index contributed by atoms with van der Waals surface area (Å²) >= 11 is 0. The van der Waals surface area contributed by atoms with Gasteiger partial charge in [-0.1, -0.05) is 6.92 Å². The minimum Gasteiger partial charge on any atom is -0.493 e. The van der Waals surface area contributed by atoms with Crippen LogP contribution in [0.2, 0.25) is 0 Å². The van der Waals surface area contributed by atoms with Gasteiger partial charge in [0, 0.05) is 18.7 Å². The maximum absolute atomic E-state index is 12.4. The van der Waals surface area contributed by atoms with Gasteiger partial charge in [0.2, 0.25) is 0 Å². The molecule has 2 aromatic rings. The van der Waals surface area contributed by atoms with Crippen molar-refractivity contribution in [3.8, 4) is 11.5 Å². The van der Waals surface area contributed by atoms with Crippen molar-refractivity contribution in [3.05, 3.63) is 42.1 Å². The first-order valence-electron chi connectivity index (χ1n) is 8.85. The number of ether oxygens (including phenoxy) is 2. The Morgan fingerprint density at radius 2 is 1.85 bits per heavy atom. The first-order valence-corrected chi connectivity index (χ1v) is 8.85. The van der Waals surface area contributed by atoms with Crippen LogP contribution in [0.3, 0.4) is 0 Å². The molecule has 138 valence electrons. The molecule has 6 heteroatoms. The summed E-state index contributed by atoms with van der Waals surface area (Å²) in [5, 5.41) is 2.82. The molecule has 0 aliphatic carbocycles. The fourth-order valence-electron chi connectivity index (χ4n) is 3.08.